The second kappa shape index (κ2) is 5.52. The quantitative estimate of drug-likeness (QED) is 0.873. The molecule has 5 heteroatoms. The van der Waals surface area contributed by atoms with Crippen molar-refractivity contribution < 1.29 is 5.11 Å². The Morgan fingerprint density at radius 2 is 2.05 bits per heavy atom. The molecule has 2 N–H and O–H groups in total. The predicted molar refractivity (Wildman–Crippen MR) is 79.6 cm³/mol. The van der Waals surface area contributed by atoms with Crippen LogP contribution in [0.1, 0.15) is 18.6 Å². The number of piperazine rings is 1. The molecule has 1 aliphatic heterocycles. The van der Waals surface area contributed by atoms with Crippen molar-refractivity contribution in [3.8, 4) is 0 Å². The van der Waals surface area contributed by atoms with E-state index < -0.39 is 6.10 Å². The van der Waals surface area contributed by atoms with E-state index in [2.05, 4.69) is 22.1 Å². The standard InChI is InChI=1S/C15H22N4O/c1-11(19-7-5-16-6-8-19)15(20)12-3-4-14-13(9-12)17-10-18(14)2/h3-4,9-11,15-16,20H,5-8H2,1-2H3. The number of hydrogen-bond acceptors (Lipinski definition) is 4. The molecule has 1 fully saturated rings. The lowest BCUT2D eigenvalue weighted by molar-refractivity contribution is 0.0511. The van der Waals surface area contributed by atoms with E-state index in [0.717, 1.165) is 42.8 Å². The molecule has 2 heterocycles. The third-order valence-electron chi connectivity index (χ3n) is 4.28. The molecule has 5 nitrogen and oxygen atoms in total. The van der Waals surface area contributed by atoms with Crippen molar-refractivity contribution in [2.24, 2.45) is 7.05 Å². The molecule has 0 saturated carbocycles. The van der Waals surface area contributed by atoms with Gasteiger partial charge in [-0.15, -0.1) is 0 Å². The van der Waals surface area contributed by atoms with Crippen LogP contribution >= 0.6 is 0 Å². The number of benzene rings is 1. The minimum atomic E-state index is -0.473. The van der Waals surface area contributed by atoms with E-state index in [1.54, 1.807) is 6.33 Å². The average molecular weight is 274 g/mol. The van der Waals surface area contributed by atoms with Gasteiger partial charge < -0.3 is 15.0 Å². The summed E-state index contributed by atoms with van der Waals surface area (Å²) in [7, 11) is 1.98. The molecule has 0 spiro atoms. The number of hydrogen-bond donors (Lipinski definition) is 2. The van der Waals surface area contributed by atoms with Crippen LogP contribution in [0.4, 0.5) is 0 Å². The molecular weight excluding hydrogens is 252 g/mol. The lowest BCUT2D eigenvalue weighted by Crippen LogP contribution is -2.49. The maximum atomic E-state index is 10.6. The molecule has 20 heavy (non-hydrogen) atoms. The van der Waals surface area contributed by atoms with E-state index in [0.29, 0.717) is 0 Å². The van der Waals surface area contributed by atoms with Gasteiger partial charge in [-0.1, -0.05) is 6.07 Å². The molecule has 0 bridgehead atoms. The van der Waals surface area contributed by atoms with Crippen molar-refractivity contribution in [1.29, 1.82) is 0 Å². The summed E-state index contributed by atoms with van der Waals surface area (Å²) in [6, 6.07) is 6.16. The summed E-state index contributed by atoms with van der Waals surface area (Å²) in [6.07, 6.45) is 1.33. The fraction of sp³-hybridized carbons (Fsp3) is 0.533. The minimum Gasteiger partial charge on any atom is -0.387 e. The largest absolute Gasteiger partial charge is 0.387 e. The van der Waals surface area contributed by atoms with Crippen molar-refractivity contribution >= 4 is 11.0 Å². The fourth-order valence-electron chi connectivity index (χ4n) is 2.90. The Labute approximate surface area is 119 Å². The molecule has 0 aliphatic carbocycles. The molecule has 2 unspecified atom stereocenters. The molecule has 108 valence electrons. The molecular formula is C15H22N4O. The lowest BCUT2D eigenvalue weighted by atomic mass is 10.0. The highest BCUT2D eigenvalue weighted by Crippen LogP contribution is 2.24. The SMILES string of the molecule is CC(C(O)c1ccc2c(c1)ncn2C)N1CCNCC1. The van der Waals surface area contributed by atoms with Gasteiger partial charge in [-0.05, 0) is 24.6 Å². The first kappa shape index (κ1) is 13.5. The maximum absolute atomic E-state index is 10.6. The van der Waals surface area contributed by atoms with Crippen LogP contribution in [0.2, 0.25) is 0 Å². The lowest BCUT2D eigenvalue weighted by Gasteiger charge is -2.35. The van der Waals surface area contributed by atoms with Crippen LogP contribution in [0.5, 0.6) is 0 Å². The van der Waals surface area contributed by atoms with E-state index in [9.17, 15) is 5.11 Å². The molecule has 0 radical (unpaired) electrons. The second-order valence-electron chi connectivity index (χ2n) is 5.58. The number of imidazole rings is 1. The second-order valence-corrected chi connectivity index (χ2v) is 5.58. The van der Waals surface area contributed by atoms with Gasteiger partial charge in [0, 0.05) is 39.3 Å². The summed E-state index contributed by atoms with van der Waals surface area (Å²) in [6.45, 7) is 6.07. The number of nitrogens with one attached hydrogen (secondary N) is 1. The van der Waals surface area contributed by atoms with Crippen LogP contribution in [0, 0.1) is 0 Å². The number of nitrogens with zero attached hydrogens (tertiary/aromatic N) is 3. The number of aliphatic hydroxyl groups excluding tert-OH is 1. The fourth-order valence-corrected chi connectivity index (χ4v) is 2.90. The van der Waals surface area contributed by atoms with Crippen LogP contribution in [0.25, 0.3) is 11.0 Å². The first-order chi connectivity index (χ1) is 9.66. The molecule has 2 atom stereocenters. The van der Waals surface area contributed by atoms with E-state index >= 15 is 0 Å². The number of fused-ring (bicyclic) bond motifs is 1. The Morgan fingerprint density at radius 1 is 1.30 bits per heavy atom. The van der Waals surface area contributed by atoms with Crippen molar-refractivity contribution in [2.75, 3.05) is 26.2 Å². The topological polar surface area (TPSA) is 53.3 Å². The summed E-state index contributed by atoms with van der Waals surface area (Å²) in [5, 5.41) is 14.0. The molecule has 0 amide bonds. The summed E-state index contributed by atoms with van der Waals surface area (Å²) < 4.78 is 1.99. The normalized spacial score (nSPS) is 20.1. The zero-order valence-electron chi connectivity index (χ0n) is 12.1. The highest BCUT2D eigenvalue weighted by molar-refractivity contribution is 5.76. The van der Waals surface area contributed by atoms with Crippen LogP contribution in [-0.2, 0) is 7.05 Å². The summed E-state index contributed by atoms with van der Waals surface area (Å²) >= 11 is 0. The van der Waals surface area contributed by atoms with Crippen LogP contribution in [0.15, 0.2) is 24.5 Å². The molecule has 2 aromatic rings. The van der Waals surface area contributed by atoms with Crippen molar-refractivity contribution in [3.05, 3.63) is 30.1 Å². The van der Waals surface area contributed by atoms with Gasteiger partial charge in [0.25, 0.3) is 0 Å². The van der Waals surface area contributed by atoms with Crippen molar-refractivity contribution in [2.45, 2.75) is 19.1 Å². The van der Waals surface area contributed by atoms with Gasteiger partial charge in [0.1, 0.15) is 0 Å². The van der Waals surface area contributed by atoms with E-state index in [1.807, 2.05) is 29.8 Å². The summed E-state index contributed by atoms with van der Waals surface area (Å²) in [5.74, 6) is 0. The Balaban J connectivity index is 1.81. The highest BCUT2D eigenvalue weighted by atomic mass is 16.3. The van der Waals surface area contributed by atoms with Gasteiger partial charge in [-0.3, -0.25) is 4.90 Å². The van der Waals surface area contributed by atoms with Crippen LogP contribution in [0.3, 0.4) is 0 Å². The first-order valence-electron chi connectivity index (χ1n) is 7.20. The zero-order valence-corrected chi connectivity index (χ0v) is 12.1. The smallest absolute Gasteiger partial charge is 0.0955 e. The predicted octanol–water partition coefficient (Wildman–Crippen LogP) is 0.900. The van der Waals surface area contributed by atoms with Gasteiger partial charge in [-0.2, -0.15) is 0 Å². The van der Waals surface area contributed by atoms with Gasteiger partial charge in [0.15, 0.2) is 0 Å². The average Bonchev–Trinajstić information content (AvgIpc) is 2.87. The van der Waals surface area contributed by atoms with Gasteiger partial charge >= 0.3 is 0 Å². The third kappa shape index (κ3) is 2.44. The van der Waals surface area contributed by atoms with Crippen molar-refractivity contribution in [3.63, 3.8) is 0 Å². The summed E-state index contributed by atoms with van der Waals surface area (Å²) in [4.78, 5) is 6.70. The molecule has 1 aromatic carbocycles. The van der Waals surface area contributed by atoms with E-state index in [1.165, 1.54) is 0 Å². The minimum absolute atomic E-state index is 0.123. The molecule has 1 aliphatic rings. The van der Waals surface area contributed by atoms with E-state index in [-0.39, 0.29) is 6.04 Å². The van der Waals surface area contributed by atoms with Gasteiger partial charge in [0.05, 0.1) is 23.5 Å². The van der Waals surface area contributed by atoms with Crippen LogP contribution < -0.4 is 5.32 Å². The number of aliphatic hydroxyl groups is 1. The first-order valence-corrected chi connectivity index (χ1v) is 7.20. The number of aryl methyl sites for hydroxylation is 1. The van der Waals surface area contributed by atoms with E-state index in [4.69, 9.17) is 0 Å². The summed E-state index contributed by atoms with van der Waals surface area (Å²) in [5.41, 5.74) is 2.98. The van der Waals surface area contributed by atoms with Crippen LogP contribution in [-0.4, -0.2) is 51.8 Å². The third-order valence-corrected chi connectivity index (χ3v) is 4.28. The zero-order chi connectivity index (χ0) is 14.1. The highest BCUT2D eigenvalue weighted by Gasteiger charge is 2.24. The van der Waals surface area contributed by atoms with Crippen molar-refractivity contribution in [1.82, 2.24) is 19.8 Å². The van der Waals surface area contributed by atoms with Gasteiger partial charge in [-0.25, -0.2) is 4.98 Å². The number of aromatic nitrogens is 2. The molecule has 1 saturated heterocycles. The Kier molecular flexibility index (Phi) is 3.74. The van der Waals surface area contributed by atoms with Gasteiger partial charge in [0.2, 0.25) is 0 Å². The number of rotatable bonds is 3. The monoisotopic (exact) mass is 274 g/mol. The maximum Gasteiger partial charge on any atom is 0.0955 e. The molecule has 3 rings (SSSR count). The Hall–Kier alpha value is -1.43. The Bertz CT molecular complexity index is 589. The Morgan fingerprint density at radius 3 is 2.80 bits per heavy atom. The molecule has 1 aromatic heterocycles.